The van der Waals surface area contributed by atoms with Gasteiger partial charge in [-0.2, -0.15) is 22.5 Å². The van der Waals surface area contributed by atoms with Crippen LogP contribution < -0.4 is 16.2 Å². The van der Waals surface area contributed by atoms with Gasteiger partial charge in [-0.15, -0.1) is 0 Å². The van der Waals surface area contributed by atoms with Crippen LogP contribution in [-0.4, -0.2) is 33.5 Å². The van der Waals surface area contributed by atoms with Crippen LogP contribution in [0.4, 0.5) is 13.2 Å². The molecule has 0 aliphatic carbocycles. The number of fused-ring (bicyclic) bond motifs is 1. The second kappa shape index (κ2) is 6.16. The number of guanidine groups is 1. The molecule has 130 valence electrons. The molecule has 0 saturated heterocycles. The Bertz CT molecular complexity index is 873. The van der Waals surface area contributed by atoms with Crippen molar-refractivity contribution in [1.29, 1.82) is 0 Å². The van der Waals surface area contributed by atoms with Crippen molar-refractivity contribution >= 4 is 29.5 Å². The van der Waals surface area contributed by atoms with Crippen molar-refractivity contribution in [2.45, 2.75) is 12.3 Å². The maximum atomic E-state index is 13.3. The number of carbonyl (C=O) groups excluding carboxylic acids is 1. The van der Waals surface area contributed by atoms with E-state index in [1.54, 1.807) is 6.07 Å². The van der Waals surface area contributed by atoms with Gasteiger partial charge in [0.15, 0.2) is 5.96 Å². The van der Waals surface area contributed by atoms with Gasteiger partial charge in [-0.1, -0.05) is 12.1 Å². The standard InChI is InChI=1S/C14H10F3N5O2S/c15-14(16,17)10-8(11(23)22-13(18)19)4-7-6(12-20-5-21-25-12)2-1-3-9(7)24-10/h1-5,10H,(H4,18,19,22,23). The largest absolute Gasteiger partial charge is 0.475 e. The molecule has 11 heteroatoms. The molecule has 7 nitrogen and oxygen atoms in total. The Morgan fingerprint density at radius 2 is 2.08 bits per heavy atom. The van der Waals surface area contributed by atoms with E-state index in [9.17, 15) is 18.0 Å². The minimum Gasteiger partial charge on any atom is -0.475 e. The zero-order chi connectivity index (χ0) is 18.2. The summed E-state index contributed by atoms with van der Waals surface area (Å²) in [5, 5.41) is 0.468. The summed E-state index contributed by atoms with van der Waals surface area (Å²) in [6.45, 7) is 0. The Kier molecular flexibility index (Phi) is 4.17. The van der Waals surface area contributed by atoms with Gasteiger partial charge >= 0.3 is 6.18 Å². The number of nitrogens with zero attached hydrogens (tertiary/aromatic N) is 3. The van der Waals surface area contributed by atoms with E-state index >= 15 is 0 Å². The molecule has 0 spiro atoms. The van der Waals surface area contributed by atoms with E-state index < -0.39 is 29.7 Å². The number of rotatable bonds is 2. The molecule has 4 N–H and O–H groups in total. The first-order valence-electron chi connectivity index (χ1n) is 6.76. The smallest absolute Gasteiger partial charge is 0.429 e. The molecule has 1 atom stereocenters. The molecule has 2 heterocycles. The van der Waals surface area contributed by atoms with Gasteiger partial charge in [-0.3, -0.25) is 4.79 Å². The summed E-state index contributed by atoms with van der Waals surface area (Å²) in [5.41, 5.74) is 10.2. The van der Waals surface area contributed by atoms with E-state index in [1.165, 1.54) is 18.5 Å². The first kappa shape index (κ1) is 16.9. The summed E-state index contributed by atoms with van der Waals surface area (Å²) < 4.78 is 48.8. The maximum Gasteiger partial charge on any atom is 0.429 e. The molecule has 1 aromatic heterocycles. The van der Waals surface area contributed by atoms with Crippen LogP contribution in [0.2, 0.25) is 0 Å². The number of halogens is 3. The monoisotopic (exact) mass is 369 g/mol. The molecule has 25 heavy (non-hydrogen) atoms. The van der Waals surface area contributed by atoms with Gasteiger partial charge < -0.3 is 16.2 Å². The molecule has 1 amide bonds. The number of ether oxygens (including phenoxy) is 1. The first-order chi connectivity index (χ1) is 11.8. The Morgan fingerprint density at radius 1 is 1.32 bits per heavy atom. The van der Waals surface area contributed by atoms with Crippen molar-refractivity contribution < 1.29 is 22.7 Å². The van der Waals surface area contributed by atoms with Crippen molar-refractivity contribution in [3.05, 3.63) is 35.7 Å². The summed E-state index contributed by atoms with van der Waals surface area (Å²) >= 11 is 1.05. The highest BCUT2D eigenvalue weighted by Gasteiger charge is 2.48. The summed E-state index contributed by atoms with van der Waals surface area (Å²) in [5.74, 6) is -1.90. The van der Waals surface area contributed by atoms with Gasteiger partial charge in [0, 0.05) is 11.1 Å². The normalized spacial score (nSPS) is 16.4. The fourth-order valence-corrected chi connectivity index (χ4v) is 2.86. The van der Waals surface area contributed by atoms with E-state index in [1.807, 2.05) is 0 Å². The fourth-order valence-electron chi connectivity index (χ4n) is 2.29. The molecular formula is C14H10F3N5O2S. The number of hydrogen-bond donors (Lipinski definition) is 2. The molecule has 0 saturated carbocycles. The van der Waals surface area contributed by atoms with Crippen LogP contribution in [-0.2, 0) is 4.79 Å². The Labute approximate surface area is 143 Å². The van der Waals surface area contributed by atoms with Gasteiger partial charge in [0.2, 0.25) is 6.10 Å². The third kappa shape index (κ3) is 3.31. The summed E-state index contributed by atoms with van der Waals surface area (Å²) in [4.78, 5) is 19.3. The van der Waals surface area contributed by atoms with Gasteiger partial charge in [0.25, 0.3) is 5.91 Å². The minimum atomic E-state index is -4.82. The van der Waals surface area contributed by atoms with Crippen LogP contribution in [0, 0.1) is 0 Å². The van der Waals surface area contributed by atoms with Crippen LogP contribution in [0.25, 0.3) is 16.6 Å². The minimum absolute atomic E-state index is 0.0312. The second-order valence-electron chi connectivity index (χ2n) is 4.94. The first-order valence-corrected chi connectivity index (χ1v) is 7.53. The summed E-state index contributed by atoms with van der Waals surface area (Å²) in [7, 11) is 0. The van der Waals surface area contributed by atoms with Gasteiger partial charge in [0.1, 0.15) is 17.1 Å². The Morgan fingerprint density at radius 3 is 2.68 bits per heavy atom. The van der Waals surface area contributed by atoms with Crippen molar-refractivity contribution in [1.82, 2.24) is 9.36 Å². The average Bonchev–Trinajstić information content (AvgIpc) is 3.05. The molecule has 1 aromatic carbocycles. The van der Waals surface area contributed by atoms with Crippen LogP contribution in [0.5, 0.6) is 5.75 Å². The van der Waals surface area contributed by atoms with E-state index in [-0.39, 0.29) is 11.3 Å². The predicted molar refractivity (Wildman–Crippen MR) is 84.6 cm³/mol. The lowest BCUT2D eigenvalue weighted by Crippen LogP contribution is -2.40. The number of carbonyl (C=O) groups is 1. The molecule has 0 fully saturated rings. The highest BCUT2D eigenvalue weighted by molar-refractivity contribution is 7.09. The van der Waals surface area contributed by atoms with Crippen molar-refractivity contribution in [2.75, 3.05) is 0 Å². The van der Waals surface area contributed by atoms with Crippen molar-refractivity contribution in [2.24, 2.45) is 16.5 Å². The fraction of sp³-hybridized carbons (Fsp3) is 0.143. The van der Waals surface area contributed by atoms with Crippen molar-refractivity contribution in [3.63, 3.8) is 0 Å². The predicted octanol–water partition coefficient (Wildman–Crippen LogP) is 1.71. The number of nitrogens with two attached hydrogens (primary N) is 2. The van der Waals surface area contributed by atoms with Crippen LogP contribution in [0.1, 0.15) is 5.56 Å². The molecule has 1 aliphatic heterocycles. The number of aromatic nitrogens is 2. The third-order valence-corrected chi connectivity index (χ3v) is 3.96. The number of benzene rings is 1. The topological polar surface area (TPSA) is 116 Å². The van der Waals surface area contributed by atoms with Gasteiger partial charge in [-0.25, -0.2) is 4.98 Å². The molecule has 2 aromatic rings. The zero-order valence-electron chi connectivity index (χ0n) is 12.3. The lowest BCUT2D eigenvalue weighted by Gasteiger charge is -2.28. The number of hydrogen-bond acceptors (Lipinski definition) is 5. The molecule has 0 radical (unpaired) electrons. The lowest BCUT2D eigenvalue weighted by atomic mass is 9.97. The third-order valence-electron chi connectivity index (χ3n) is 3.26. The molecule has 1 aliphatic rings. The van der Waals surface area contributed by atoms with Crippen LogP contribution in [0.3, 0.4) is 0 Å². The lowest BCUT2D eigenvalue weighted by molar-refractivity contribution is -0.185. The van der Waals surface area contributed by atoms with Crippen molar-refractivity contribution in [3.8, 4) is 16.3 Å². The quantitative estimate of drug-likeness (QED) is 0.615. The average molecular weight is 369 g/mol. The Balaban J connectivity index is 2.18. The number of alkyl halides is 3. The van der Waals surface area contributed by atoms with E-state index in [0.29, 0.717) is 10.6 Å². The maximum absolute atomic E-state index is 13.3. The number of aliphatic imine (C=N–C) groups is 1. The van der Waals surface area contributed by atoms with Gasteiger partial charge in [0.05, 0.1) is 5.57 Å². The van der Waals surface area contributed by atoms with Crippen LogP contribution in [0.15, 0.2) is 35.1 Å². The highest BCUT2D eigenvalue weighted by Crippen LogP contribution is 2.41. The van der Waals surface area contributed by atoms with E-state index in [4.69, 9.17) is 16.2 Å². The molecular weight excluding hydrogens is 359 g/mol. The van der Waals surface area contributed by atoms with Gasteiger partial charge in [-0.05, 0) is 23.7 Å². The zero-order valence-corrected chi connectivity index (χ0v) is 13.1. The summed E-state index contributed by atoms with van der Waals surface area (Å²) in [6.07, 6.45) is -4.91. The van der Waals surface area contributed by atoms with E-state index in [2.05, 4.69) is 14.3 Å². The molecule has 3 rings (SSSR count). The van der Waals surface area contributed by atoms with Crippen LogP contribution >= 0.6 is 11.5 Å². The molecule has 1 unspecified atom stereocenters. The van der Waals surface area contributed by atoms with E-state index in [0.717, 1.165) is 17.6 Å². The number of amides is 1. The highest BCUT2D eigenvalue weighted by atomic mass is 32.1. The second-order valence-corrected chi connectivity index (χ2v) is 5.72. The molecule has 0 bridgehead atoms. The Hall–Kier alpha value is -2.95. The summed E-state index contributed by atoms with van der Waals surface area (Å²) in [6, 6.07) is 4.53. The SMILES string of the molecule is NC(N)=NC(=O)C1=Cc2c(cccc2-c2ncns2)OC1C(F)(F)F.